The summed E-state index contributed by atoms with van der Waals surface area (Å²) in [5.74, 6) is -0.367. The first-order chi connectivity index (χ1) is 8.15. The third kappa shape index (κ3) is 1.56. The van der Waals surface area contributed by atoms with Crippen molar-refractivity contribution in [2.75, 3.05) is 0 Å². The van der Waals surface area contributed by atoms with Crippen molar-refractivity contribution < 1.29 is 4.39 Å². The molecule has 0 fully saturated rings. The lowest BCUT2D eigenvalue weighted by Crippen LogP contribution is -1.88. The average molecular weight is 229 g/mol. The number of aromatic nitrogens is 2. The molecule has 1 aliphatic heterocycles. The van der Waals surface area contributed by atoms with Gasteiger partial charge in [-0.1, -0.05) is 12.1 Å². The van der Waals surface area contributed by atoms with Gasteiger partial charge in [-0.3, -0.25) is 5.10 Å². The van der Waals surface area contributed by atoms with Gasteiger partial charge in [0.25, 0.3) is 0 Å². The van der Waals surface area contributed by atoms with Crippen LogP contribution in [0, 0.1) is 6.92 Å². The predicted octanol–water partition coefficient (Wildman–Crippen LogP) is 3.37. The summed E-state index contributed by atoms with van der Waals surface area (Å²) in [7, 11) is 0. The minimum absolute atomic E-state index is 0.367. The van der Waals surface area contributed by atoms with Crippen LogP contribution in [0.3, 0.4) is 0 Å². The first kappa shape index (κ1) is 10.2. The molecule has 0 radical (unpaired) electrons. The second kappa shape index (κ2) is 3.52. The van der Waals surface area contributed by atoms with E-state index in [-0.39, 0.29) is 5.95 Å². The van der Waals surface area contributed by atoms with Crippen molar-refractivity contribution in [3.05, 3.63) is 35.4 Å². The van der Waals surface area contributed by atoms with Gasteiger partial charge in [0.15, 0.2) is 0 Å². The second-order valence-electron chi connectivity index (χ2n) is 4.37. The normalized spacial score (nSPS) is 15.8. The highest BCUT2D eigenvalue weighted by Gasteiger charge is 2.17. The smallest absolute Gasteiger partial charge is 0.216 e. The summed E-state index contributed by atoms with van der Waals surface area (Å²) < 4.78 is 13.6. The van der Waals surface area contributed by atoms with E-state index in [0.717, 1.165) is 27.9 Å². The maximum absolute atomic E-state index is 13.6. The highest BCUT2D eigenvalue weighted by molar-refractivity contribution is 5.98. The molecular formula is C13H12FN3. The zero-order valence-corrected chi connectivity index (χ0v) is 9.71. The van der Waals surface area contributed by atoms with E-state index in [0.29, 0.717) is 12.0 Å². The van der Waals surface area contributed by atoms with E-state index in [1.165, 1.54) is 0 Å². The van der Waals surface area contributed by atoms with Crippen LogP contribution in [0.15, 0.2) is 29.1 Å². The maximum atomic E-state index is 13.6. The molecule has 2 aromatic rings. The van der Waals surface area contributed by atoms with Crippen LogP contribution >= 0.6 is 0 Å². The van der Waals surface area contributed by atoms with Crippen molar-refractivity contribution in [1.82, 2.24) is 10.2 Å². The Morgan fingerprint density at radius 2 is 2.12 bits per heavy atom. The first-order valence-corrected chi connectivity index (χ1v) is 5.53. The first-order valence-electron chi connectivity index (χ1n) is 5.53. The fourth-order valence-corrected chi connectivity index (χ4v) is 2.16. The lowest BCUT2D eigenvalue weighted by atomic mass is 10.0. The van der Waals surface area contributed by atoms with Gasteiger partial charge in [-0.2, -0.15) is 9.49 Å². The summed E-state index contributed by atoms with van der Waals surface area (Å²) in [5, 5.41) is 8.19. The molecule has 0 aliphatic carbocycles. The van der Waals surface area contributed by atoms with Crippen molar-refractivity contribution in [3.63, 3.8) is 0 Å². The van der Waals surface area contributed by atoms with Crippen LogP contribution < -0.4 is 0 Å². The van der Waals surface area contributed by atoms with Crippen molar-refractivity contribution in [3.8, 4) is 0 Å². The molecule has 0 spiro atoms. The zero-order chi connectivity index (χ0) is 12.0. The Bertz CT molecular complexity index is 664. The van der Waals surface area contributed by atoms with Crippen molar-refractivity contribution in [2.45, 2.75) is 20.3 Å². The van der Waals surface area contributed by atoms with E-state index in [1.807, 2.05) is 32.0 Å². The summed E-state index contributed by atoms with van der Waals surface area (Å²) in [6.07, 6.45) is 0.584. The molecule has 1 aromatic carbocycles. The molecule has 3 nitrogen and oxygen atoms in total. The Morgan fingerprint density at radius 3 is 2.82 bits per heavy atom. The summed E-state index contributed by atoms with van der Waals surface area (Å²) in [5.41, 5.74) is 4.23. The highest BCUT2D eigenvalue weighted by atomic mass is 19.1. The monoisotopic (exact) mass is 229 g/mol. The number of hydrogen-bond acceptors (Lipinski definition) is 2. The van der Waals surface area contributed by atoms with Gasteiger partial charge in [0.1, 0.15) is 0 Å². The molecule has 2 heterocycles. The largest absolute Gasteiger partial charge is 0.282 e. The lowest BCUT2D eigenvalue weighted by molar-refractivity contribution is 0.635. The van der Waals surface area contributed by atoms with E-state index in [9.17, 15) is 4.39 Å². The summed E-state index contributed by atoms with van der Waals surface area (Å²) in [6, 6.07) is 5.80. The Kier molecular flexibility index (Phi) is 2.11. The number of H-pyrrole nitrogens is 1. The number of rotatable bonds is 1. The summed E-state index contributed by atoms with van der Waals surface area (Å²) >= 11 is 0. The van der Waals surface area contributed by atoms with Crippen molar-refractivity contribution in [2.24, 2.45) is 4.99 Å². The quantitative estimate of drug-likeness (QED) is 0.748. The van der Waals surface area contributed by atoms with Gasteiger partial charge >= 0.3 is 0 Å². The standard InChI is InChI=1S/C13H12FN3/c1-7-5-11(13(14)15-7)9-3-4-10-8(2)16-17-12(10)6-9/h3-4,6H,5H2,1-2H3,(H,16,17). The molecule has 0 atom stereocenters. The molecule has 0 unspecified atom stereocenters. The van der Waals surface area contributed by atoms with E-state index in [4.69, 9.17) is 0 Å². The number of benzene rings is 1. The minimum atomic E-state index is -0.367. The van der Waals surface area contributed by atoms with Crippen LogP contribution in [0.25, 0.3) is 16.5 Å². The topological polar surface area (TPSA) is 41.0 Å². The lowest BCUT2D eigenvalue weighted by Gasteiger charge is -2.02. The molecule has 0 amide bonds. The van der Waals surface area contributed by atoms with Crippen LogP contribution in [0.4, 0.5) is 4.39 Å². The van der Waals surface area contributed by atoms with Crippen LogP contribution in [0.1, 0.15) is 24.6 Å². The van der Waals surface area contributed by atoms with E-state index in [1.54, 1.807) is 0 Å². The SMILES string of the molecule is CC1=NC(F)=C(c2ccc3c(C)[nH]nc3c2)C1. The van der Waals surface area contributed by atoms with Crippen molar-refractivity contribution in [1.29, 1.82) is 0 Å². The number of allylic oxidation sites excluding steroid dienone is 1. The number of nitrogens with one attached hydrogen (secondary N) is 1. The number of aryl methyl sites for hydroxylation is 1. The summed E-state index contributed by atoms with van der Waals surface area (Å²) in [6.45, 7) is 3.81. The summed E-state index contributed by atoms with van der Waals surface area (Å²) in [4.78, 5) is 3.83. The second-order valence-corrected chi connectivity index (χ2v) is 4.37. The Hall–Kier alpha value is -1.97. The molecule has 1 N–H and O–H groups in total. The van der Waals surface area contributed by atoms with Gasteiger partial charge in [-0.05, 0) is 25.5 Å². The van der Waals surface area contributed by atoms with Crippen LogP contribution in [0.5, 0.6) is 0 Å². The van der Waals surface area contributed by atoms with Gasteiger partial charge in [0, 0.05) is 28.8 Å². The Labute approximate surface area is 98.1 Å². The predicted molar refractivity (Wildman–Crippen MR) is 66.6 cm³/mol. The fraction of sp³-hybridized carbons (Fsp3) is 0.231. The molecule has 17 heavy (non-hydrogen) atoms. The Morgan fingerprint density at radius 1 is 1.29 bits per heavy atom. The van der Waals surface area contributed by atoms with Crippen LogP contribution in [-0.4, -0.2) is 15.9 Å². The number of aliphatic imine (C=N–C) groups is 1. The van der Waals surface area contributed by atoms with Crippen LogP contribution in [-0.2, 0) is 0 Å². The van der Waals surface area contributed by atoms with E-state index in [2.05, 4.69) is 15.2 Å². The van der Waals surface area contributed by atoms with Crippen molar-refractivity contribution >= 4 is 22.2 Å². The van der Waals surface area contributed by atoms with Gasteiger partial charge in [-0.15, -0.1) is 0 Å². The molecule has 1 aromatic heterocycles. The zero-order valence-electron chi connectivity index (χ0n) is 9.71. The average Bonchev–Trinajstić information content (AvgIpc) is 2.82. The van der Waals surface area contributed by atoms with E-state index >= 15 is 0 Å². The molecule has 1 aliphatic rings. The number of nitrogens with zero attached hydrogens (tertiary/aromatic N) is 2. The van der Waals surface area contributed by atoms with Gasteiger partial charge < -0.3 is 0 Å². The molecule has 3 rings (SSSR count). The molecule has 4 heteroatoms. The fourth-order valence-electron chi connectivity index (χ4n) is 2.16. The third-order valence-corrected chi connectivity index (χ3v) is 3.06. The number of halogens is 1. The Balaban J connectivity index is 2.11. The molecule has 0 saturated carbocycles. The highest BCUT2D eigenvalue weighted by Crippen LogP contribution is 2.31. The van der Waals surface area contributed by atoms with Crippen LogP contribution in [0.2, 0.25) is 0 Å². The maximum Gasteiger partial charge on any atom is 0.216 e. The molecule has 0 bridgehead atoms. The number of fused-ring (bicyclic) bond motifs is 1. The minimum Gasteiger partial charge on any atom is -0.282 e. The number of aromatic amines is 1. The van der Waals surface area contributed by atoms with E-state index < -0.39 is 0 Å². The van der Waals surface area contributed by atoms with Gasteiger partial charge in [0.2, 0.25) is 5.95 Å². The number of hydrogen-bond donors (Lipinski definition) is 1. The molecule has 0 saturated heterocycles. The van der Waals surface area contributed by atoms with Gasteiger partial charge in [0.05, 0.1) is 5.52 Å². The van der Waals surface area contributed by atoms with Gasteiger partial charge in [-0.25, -0.2) is 4.99 Å². The molecule has 86 valence electrons. The third-order valence-electron chi connectivity index (χ3n) is 3.06. The molecular weight excluding hydrogens is 217 g/mol.